The number of primary amides is 1. The fourth-order valence-electron chi connectivity index (χ4n) is 2.04. The van der Waals surface area contributed by atoms with Crippen molar-refractivity contribution in [3.63, 3.8) is 0 Å². The number of benzene rings is 2. The number of amides is 2. The van der Waals surface area contributed by atoms with Crippen molar-refractivity contribution < 1.29 is 14.3 Å². The van der Waals surface area contributed by atoms with Crippen molar-refractivity contribution in [2.45, 2.75) is 6.92 Å². The zero-order valence-corrected chi connectivity index (χ0v) is 15.7. The zero-order valence-electron chi connectivity index (χ0n) is 13.3. The Balaban J connectivity index is 2.10. The normalized spacial score (nSPS) is 10.0. The number of anilines is 1. The van der Waals surface area contributed by atoms with Gasteiger partial charge in [0.05, 0.1) is 12.2 Å². The van der Waals surface area contributed by atoms with Crippen LogP contribution in [0.4, 0.5) is 5.69 Å². The summed E-state index contributed by atoms with van der Waals surface area (Å²) < 4.78 is 6.20. The second-order valence-corrected chi connectivity index (χ2v) is 6.25. The third kappa shape index (κ3) is 5.27. The van der Waals surface area contributed by atoms with Crippen LogP contribution in [0.2, 0.25) is 0 Å². The highest BCUT2D eigenvalue weighted by atomic mass is 79.9. The molecule has 0 radical (unpaired) electrons. The van der Waals surface area contributed by atoms with E-state index < -0.39 is 11.8 Å². The van der Waals surface area contributed by atoms with Gasteiger partial charge in [-0.2, -0.15) is 0 Å². The first kappa shape index (κ1) is 18.9. The van der Waals surface area contributed by atoms with Gasteiger partial charge < -0.3 is 15.8 Å². The minimum atomic E-state index is -0.547. The van der Waals surface area contributed by atoms with Gasteiger partial charge in [0.1, 0.15) is 5.75 Å². The molecule has 6 nitrogen and oxygen atoms in total. The Bertz CT molecular complexity index is 827. The largest absolute Gasteiger partial charge is 0.493 e. The topological polar surface area (TPSA) is 93.4 Å². The molecule has 0 aliphatic carbocycles. The standard InChI is InChI=1S/C17H16BrN3O3S/c1-2-24-14-7-6-11(18)9-13(14)16(23)21-17(25)20-12-5-3-4-10(8-12)15(19)22/h3-9H,2H2,1H3,(H2,19,22)(H2,20,21,23,25). The third-order valence-corrected chi connectivity index (χ3v) is 3.82. The van der Waals surface area contributed by atoms with Crippen molar-refractivity contribution in [3.8, 4) is 5.75 Å². The first-order chi connectivity index (χ1) is 11.9. The summed E-state index contributed by atoms with van der Waals surface area (Å²) in [4.78, 5) is 23.7. The highest BCUT2D eigenvalue weighted by Crippen LogP contribution is 2.23. The van der Waals surface area contributed by atoms with Crippen LogP contribution in [0.1, 0.15) is 27.6 Å². The predicted octanol–water partition coefficient (Wildman–Crippen LogP) is 3.07. The Kier molecular flexibility index (Phi) is 6.49. The lowest BCUT2D eigenvalue weighted by atomic mass is 10.2. The maximum absolute atomic E-state index is 12.5. The molecule has 2 amide bonds. The SMILES string of the molecule is CCOc1ccc(Br)cc1C(=O)NC(=S)Nc1cccc(C(N)=O)c1. The van der Waals surface area contributed by atoms with Crippen LogP contribution in [0, 0.1) is 0 Å². The molecule has 130 valence electrons. The molecule has 0 spiro atoms. The molecule has 4 N–H and O–H groups in total. The van der Waals surface area contributed by atoms with Crippen LogP contribution in [0.5, 0.6) is 5.75 Å². The minimum absolute atomic E-state index is 0.0917. The number of carbonyl (C=O) groups excluding carboxylic acids is 2. The van der Waals surface area contributed by atoms with Gasteiger partial charge >= 0.3 is 0 Å². The summed E-state index contributed by atoms with van der Waals surface area (Å²) in [5.74, 6) is -0.496. The lowest BCUT2D eigenvalue weighted by Crippen LogP contribution is -2.34. The molecule has 2 aromatic rings. The Morgan fingerprint density at radius 1 is 1.24 bits per heavy atom. The highest BCUT2D eigenvalue weighted by molar-refractivity contribution is 9.10. The van der Waals surface area contributed by atoms with Crippen molar-refractivity contribution in [2.24, 2.45) is 5.73 Å². The molecule has 0 aliphatic heterocycles. The van der Waals surface area contributed by atoms with Gasteiger partial charge in [-0.15, -0.1) is 0 Å². The molecule has 2 aromatic carbocycles. The smallest absolute Gasteiger partial charge is 0.261 e. The number of hydrogen-bond donors (Lipinski definition) is 3. The van der Waals surface area contributed by atoms with Gasteiger partial charge in [0, 0.05) is 15.7 Å². The average Bonchev–Trinajstić information content (AvgIpc) is 2.56. The van der Waals surface area contributed by atoms with E-state index in [2.05, 4.69) is 26.6 Å². The molecule has 0 unspecified atom stereocenters. The molecule has 0 heterocycles. The van der Waals surface area contributed by atoms with Crippen LogP contribution in [0.3, 0.4) is 0 Å². The van der Waals surface area contributed by atoms with Gasteiger partial charge in [-0.3, -0.25) is 14.9 Å². The van der Waals surface area contributed by atoms with E-state index in [0.717, 1.165) is 4.47 Å². The molecule has 8 heteroatoms. The van der Waals surface area contributed by atoms with Crippen LogP contribution in [-0.2, 0) is 0 Å². The number of ether oxygens (including phenoxy) is 1. The molecule has 0 saturated carbocycles. The number of carbonyl (C=O) groups is 2. The van der Waals surface area contributed by atoms with Crippen LogP contribution in [0.15, 0.2) is 46.9 Å². The summed E-state index contributed by atoms with van der Waals surface area (Å²) in [7, 11) is 0. The molecule has 0 saturated heterocycles. The van der Waals surface area contributed by atoms with Crippen LogP contribution >= 0.6 is 28.1 Å². The Labute approximate surface area is 158 Å². The second-order valence-electron chi connectivity index (χ2n) is 4.93. The number of nitrogens with two attached hydrogens (primary N) is 1. The third-order valence-electron chi connectivity index (χ3n) is 3.12. The van der Waals surface area contributed by atoms with E-state index in [1.54, 1.807) is 42.5 Å². The first-order valence-electron chi connectivity index (χ1n) is 7.35. The number of nitrogens with one attached hydrogen (secondary N) is 2. The number of hydrogen-bond acceptors (Lipinski definition) is 4. The van der Waals surface area contributed by atoms with Gasteiger partial charge in [-0.25, -0.2) is 0 Å². The summed E-state index contributed by atoms with van der Waals surface area (Å²) >= 11 is 8.48. The molecular weight excluding hydrogens is 406 g/mol. The second kappa shape index (κ2) is 8.59. The molecule has 25 heavy (non-hydrogen) atoms. The minimum Gasteiger partial charge on any atom is -0.493 e. The Hall–Kier alpha value is -2.45. The van der Waals surface area contributed by atoms with Crippen molar-refractivity contribution in [2.75, 3.05) is 11.9 Å². The van der Waals surface area contributed by atoms with Gasteiger partial charge in [-0.1, -0.05) is 22.0 Å². The van der Waals surface area contributed by atoms with E-state index >= 15 is 0 Å². The molecule has 0 bridgehead atoms. The summed E-state index contributed by atoms with van der Waals surface area (Å²) in [5, 5.41) is 5.52. The molecule has 2 rings (SSSR count). The molecule has 0 aliphatic rings. The Morgan fingerprint density at radius 3 is 2.68 bits per heavy atom. The molecule has 0 aromatic heterocycles. The van der Waals surface area contributed by atoms with Gasteiger partial charge in [0.25, 0.3) is 5.91 Å². The van der Waals surface area contributed by atoms with E-state index in [0.29, 0.717) is 29.2 Å². The fraction of sp³-hybridized carbons (Fsp3) is 0.118. The molecule has 0 atom stereocenters. The average molecular weight is 422 g/mol. The predicted molar refractivity (Wildman–Crippen MR) is 104 cm³/mol. The van der Waals surface area contributed by atoms with Crippen LogP contribution in [-0.4, -0.2) is 23.5 Å². The zero-order chi connectivity index (χ0) is 18.4. The Morgan fingerprint density at radius 2 is 2.00 bits per heavy atom. The highest BCUT2D eigenvalue weighted by Gasteiger charge is 2.15. The van der Waals surface area contributed by atoms with E-state index in [1.807, 2.05) is 6.92 Å². The van der Waals surface area contributed by atoms with Gasteiger partial charge in [0.2, 0.25) is 5.91 Å². The van der Waals surface area contributed by atoms with E-state index in [-0.39, 0.29) is 5.11 Å². The molecular formula is C17H16BrN3O3S. The maximum atomic E-state index is 12.5. The summed E-state index contributed by atoms with van der Waals surface area (Å²) in [6.45, 7) is 2.27. The van der Waals surface area contributed by atoms with Crippen molar-refractivity contribution in [1.82, 2.24) is 5.32 Å². The summed E-state index contributed by atoms with van der Waals surface area (Å²) in [5.41, 5.74) is 6.48. The number of halogens is 1. The lowest BCUT2D eigenvalue weighted by Gasteiger charge is -2.13. The van der Waals surface area contributed by atoms with Crippen molar-refractivity contribution in [3.05, 3.63) is 58.1 Å². The molecule has 0 fully saturated rings. The van der Waals surface area contributed by atoms with Crippen LogP contribution < -0.4 is 21.1 Å². The quantitative estimate of drug-likeness (QED) is 0.644. The van der Waals surface area contributed by atoms with Crippen molar-refractivity contribution in [1.29, 1.82) is 0 Å². The number of thiocarbonyl (C=S) groups is 1. The van der Waals surface area contributed by atoms with E-state index in [1.165, 1.54) is 0 Å². The van der Waals surface area contributed by atoms with E-state index in [9.17, 15) is 9.59 Å². The van der Waals surface area contributed by atoms with Gasteiger partial charge in [-0.05, 0) is 55.5 Å². The lowest BCUT2D eigenvalue weighted by molar-refractivity contribution is 0.0971. The van der Waals surface area contributed by atoms with Gasteiger partial charge in [0.15, 0.2) is 5.11 Å². The summed E-state index contributed by atoms with van der Waals surface area (Å²) in [6, 6.07) is 11.6. The monoisotopic (exact) mass is 421 g/mol. The fourth-order valence-corrected chi connectivity index (χ4v) is 2.62. The van der Waals surface area contributed by atoms with Crippen molar-refractivity contribution >= 4 is 50.8 Å². The van der Waals surface area contributed by atoms with Crippen LogP contribution in [0.25, 0.3) is 0 Å². The number of rotatable bonds is 5. The van der Waals surface area contributed by atoms with E-state index in [4.69, 9.17) is 22.7 Å². The maximum Gasteiger partial charge on any atom is 0.261 e. The first-order valence-corrected chi connectivity index (χ1v) is 8.55. The summed E-state index contributed by atoms with van der Waals surface area (Å²) in [6.07, 6.45) is 0.